The van der Waals surface area contributed by atoms with E-state index in [4.69, 9.17) is 5.73 Å². The monoisotopic (exact) mass is 373 g/mol. The molecule has 1 heterocycles. The number of nitrogens with two attached hydrogens (primary N) is 1. The number of rotatable bonds is 9. The maximum atomic E-state index is 12.7. The Hall–Kier alpha value is -3.20. The summed E-state index contributed by atoms with van der Waals surface area (Å²) in [7, 11) is 0. The number of H-pyrrole nitrogens is 1. The van der Waals surface area contributed by atoms with Crippen LogP contribution in [0.2, 0.25) is 0 Å². The predicted molar refractivity (Wildman–Crippen MR) is 97.6 cm³/mol. The SMILES string of the molecule is C[C@H](N)C(=O)N[C@@H](Cc1cnc[nH]1)C(=O)N[C@H](Cc1ccccc1)C(=O)O. The molecule has 0 saturated carbocycles. The zero-order valence-electron chi connectivity index (χ0n) is 14.9. The summed E-state index contributed by atoms with van der Waals surface area (Å²) in [6, 6.07) is 6.05. The van der Waals surface area contributed by atoms with Gasteiger partial charge in [-0.05, 0) is 12.5 Å². The molecular weight excluding hydrogens is 350 g/mol. The number of imidazole rings is 1. The lowest BCUT2D eigenvalue weighted by Gasteiger charge is -2.22. The van der Waals surface area contributed by atoms with Gasteiger partial charge in [-0.1, -0.05) is 30.3 Å². The summed E-state index contributed by atoms with van der Waals surface area (Å²) in [5.74, 6) is -2.28. The number of aromatic nitrogens is 2. The van der Waals surface area contributed by atoms with Gasteiger partial charge in [-0.15, -0.1) is 0 Å². The third-order valence-corrected chi connectivity index (χ3v) is 3.92. The van der Waals surface area contributed by atoms with Gasteiger partial charge in [0.15, 0.2) is 0 Å². The van der Waals surface area contributed by atoms with Gasteiger partial charge in [0.2, 0.25) is 11.8 Å². The topological polar surface area (TPSA) is 150 Å². The summed E-state index contributed by atoms with van der Waals surface area (Å²) in [5.41, 5.74) is 6.94. The van der Waals surface area contributed by atoms with E-state index in [9.17, 15) is 19.5 Å². The lowest BCUT2D eigenvalue weighted by molar-refractivity contribution is -0.142. The summed E-state index contributed by atoms with van der Waals surface area (Å²) in [6.45, 7) is 1.50. The van der Waals surface area contributed by atoms with E-state index < -0.39 is 35.9 Å². The van der Waals surface area contributed by atoms with Crippen LogP contribution in [0.15, 0.2) is 42.9 Å². The van der Waals surface area contributed by atoms with Gasteiger partial charge in [0.05, 0.1) is 12.4 Å². The fourth-order valence-electron chi connectivity index (χ4n) is 2.45. The highest BCUT2D eigenvalue weighted by atomic mass is 16.4. The van der Waals surface area contributed by atoms with Crippen LogP contribution in [0.4, 0.5) is 0 Å². The fraction of sp³-hybridized carbons (Fsp3) is 0.333. The number of hydrogen-bond acceptors (Lipinski definition) is 5. The number of aromatic amines is 1. The van der Waals surface area contributed by atoms with E-state index in [-0.39, 0.29) is 12.8 Å². The van der Waals surface area contributed by atoms with Crippen molar-refractivity contribution in [3.05, 3.63) is 54.1 Å². The van der Waals surface area contributed by atoms with Crippen molar-refractivity contribution in [1.29, 1.82) is 0 Å². The molecule has 6 N–H and O–H groups in total. The lowest BCUT2D eigenvalue weighted by Crippen LogP contribution is -2.55. The second-order valence-electron chi connectivity index (χ2n) is 6.22. The smallest absolute Gasteiger partial charge is 0.326 e. The average molecular weight is 373 g/mol. The van der Waals surface area contributed by atoms with Crippen molar-refractivity contribution in [3.63, 3.8) is 0 Å². The highest BCUT2D eigenvalue weighted by Crippen LogP contribution is 2.05. The Balaban J connectivity index is 2.11. The number of carboxylic acids is 1. The molecule has 1 aromatic heterocycles. The third kappa shape index (κ3) is 6.23. The van der Waals surface area contributed by atoms with Crippen molar-refractivity contribution in [2.24, 2.45) is 5.73 Å². The molecule has 3 atom stereocenters. The zero-order valence-corrected chi connectivity index (χ0v) is 14.9. The molecule has 0 saturated heterocycles. The highest BCUT2D eigenvalue weighted by molar-refractivity contribution is 5.91. The number of hydrogen-bond donors (Lipinski definition) is 5. The molecule has 0 fully saturated rings. The average Bonchev–Trinajstić information content (AvgIpc) is 3.14. The summed E-state index contributed by atoms with van der Waals surface area (Å²) < 4.78 is 0. The molecule has 0 aliphatic rings. The highest BCUT2D eigenvalue weighted by Gasteiger charge is 2.28. The number of aliphatic carboxylic acids is 1. The second kappa shape index (κ2) is 9.48. The lowest BCUT2D eigenvalue weighted by atomic mass is 10.0. The first-order valence-electron chi connectivity index (χ1n) is 8.47. The van der Waals surface area contributed by atoms with Gasteiger partial charge in [0.1, 0.15) is 12.1 Å². The van der Waals surface area contributed by atoms with E-state index in [0.29, 0.717) is 5.69 Å². The number of carbonyl (C=O) groups is 3. The molecule has 0 aliphatic heterocycles. The normalized spacial score (nSPS) is 14.0. The van der Waals surface area contributed by atoms with Crippen molar-refractivity contribution < 1.29 is 19.5 Å². The minimum Gasteiger partial charge on any atom is -0.480 e. The first-order valence-corrected chi connectivity index (χ1v) is 8.47. The Morgan fingerprint density at radius 1 is 1.11 bits per heavy atom. The standard InChI is InChI=1S/C18H23N5O4/c1-11(19)16(24)22-14(8-13-9-20-10-21-13)17(25)23-15(18(26)27)7-12-5-3-2-4-6-12/h2-6,9-11,14-15H,7-8,19H2,1H3,(H,20,21)(H,22,24)(H,23,25)(H,26,27)/t11-,14-,15+/m0/s1. The van der Waals surface area contributed by atoms with Crippen LogP contribution in [-0.2, 0) is 27.2 Å². The minimum atomic E-state index is -1.16. The Bertz CT molecular complexity index is 761. The van der Waals surface area contributed by atoms with Crippen LogP contribution in [0.5, 0.6) is 0 Å². The Kier molecular flexibility index (Phi) is 7.07. The van der Waals surface area contributed by atoms with Crippen LogP contribution < -0.4 is 16.4 Å². The number of nitrogens with zero attached hydrogens (tertiary/aromatic N) is 1. The zero-order chi connectivity index (χ0) is 19.8. The molecule has 2 rings (SSSR count). The first kappa shape index (κ1) is 20.1. The molecule has 2 aromatic rings. The second-order valence-corrected chi connectivity index (χ2v) is 6.22. The van der Waals surface area contributed by atoms with Crippen molar-refractivity contribution >= 4 is 17.8 Å². The van der Waals surface area contributed by atoms with Crippen LogP contribution in [0.1, 0.15) is 18.2 Å². The first-order chi connectivity index (χ1) is 12.9. The van der Waals surface area contributed by atoms with E-state index >= 15 is 0 Å². The van der Waals surface area contributed by atoms with Gasteiger partial charge in [0, 0.05) is 24.7 Å². The Morgan fingerprint density at radius 2 is 1.78 bits per heavy atom. The number of carbonyl (C=O) groups excluding carboxylic acids is 2. The molecular formula is C18H23N5O4. The van der Waals surface area contributed by atoms with Gasteiger partial charge in [-0.25, -0.2) is 9.78 Å². The van der Waals surface area contributed by atoms with Gasteiger partial charge in [-0.2, -0.15) is 0 Å². The summed E-state index contributed by atoms with van der Waals surface area (Å²) >= 11 is 0. The molecule has 1 aromatic carbocycles. The molecule has 0 spiro atoms. The molecule has 0 bridgehead atoms. The van der Waals surface area contributed by atoms with Crippen molar-refractivity contribution in [2.75, 3.05) is 0 Å². The fourth-order valence-corrected chi connectivity index (χ4v) is 2.45. The van der Waals surface area contributed by atoms with Crippen LogP contribution in [0.3, 0.4) is 0 Å². The van der Waals surface area contributed by atoms with Gasteiger partial charge in [-0.3, -0.25) is 9.59 Å². The van der Waals surface area contributed by atoms with Gasteiger partial charge in [0.25, 0.3) is 0 Å². The van der Waals surface area contributed by atoms with Crippen LogP contribution in [-0.4, -0.2) is 51.0 Å². The van der Waals surface area contributed by atoms with E-state index in [1.54, 1.807) is 24.3 Å². The van der Waals surface area contributed by atoms with Crippen LogP contribution in [0, 0.1) is 0 Å². The molecule has 0 aliphatic carbocycles. The van der Waals surface area contributed by atoms with Gasteiger partial charge < -0.3 is 26.5 Å². The molecule has 144 valence electrons. The number of carboxylic acid groups (broad SMARTS) is 1. The number of benzene rings is 1. The predicted octanol–water partition coefficient (Wildman–Crippen LogP) is -0.404. The molecule has 0 radical (unpaired) electrons. The van der Waals surface area contributed by atoms with E-state index in [2.05, 4.69) is 20.6 Å². The molecule has 2 amide bonds. The summed E-state index contributed by atoms with van der Waals surface area (Å²) in [5, 5.41) is 14.5. The van der Waals surface area contributed by atoms with Crippen LogP contribution >= 0.6 is 0 Å². The van der Waals surface area contributed by atoms with Crippen molar-refractivity contribution in [3.8, 4) is 0 Å². The number of amides is 2. The molecule has 27 heavy (non-hydrogen) atoms. The van der Waals surface area contributed by atoms with E-state index in [0.717, 1.165) is 5.56 Å². The minimum absolute atomic E-state index is 0.125. The van der Waals surface area contributed by atoms with E-state index in [1.807, 2.05) is 6.07 Å². The van der Waals surface area contributed by atoms with Crippen molar-refractivity contribution in [2.45, 2.75) is 37.9 Å². The molecule has 0 unspecified atom stereocenters. The molecule has 9 nitrogen and oxygen atoms in total. The van der Waals surface area contributed by atoms with E-state index in [1.165, 1.54) is 19.4 Å². The Labute approximate surface area is 156 Å². The summed E-state index contributed by atoms with van der Waals surface area (Å²) in [4.78, 5) is 42.9. The number of nitrogens with one attached hydrogen (secondary N) is 3. The Morgan fingerprint density at radius 3 is 2.33 bits per heavy atom. The maximum Gasteiger partial charge on any atom is 0.326 e. The molecule has 9 heteroatoms. The van der Waals surface area contributed by atoms with Crippen molar-refractivity contribution in [1.82, 2.24) is 20.6 Å². The maximum absolute atomic E-state index is 12.7. The largest absolute Gasteiger partial charge is 0.480 e. The quantitative estimate of drug-likeness (QED) is 0.403. The summed E-state index contributed by atoms with van der Waals surface area (Å²) in [6.07, 6.45) is 3.23. The van der Waals surface area contributed by atoms with Gasteiger partial charge >= 0.3 is 5.97 Å². The van der Waals surface area contributed by atoms with Crippen LogP contribution in [0.25, 0.3) is 0 Å². The third-order valence-electron chi connectivity index (χ3n) is 3.92.